The molecule has 2 aromatic heterocycles. The van der Waals surface area contributed by atoms with Gasteiger partial charge in [-0.2, -0.15) is 18.3 Å². The molecule has 4 rings (SSSR count). The summed E-state index contributed by atoms with van der Waals surface area (Å²) in [5.41, 5.74) is 0.599. The predicted molar refractivity (Wildman–Crippen MR) is 106 cm³/mol. The van der Waals surface area contributed by atoms with Gasteiger partial charge in [-0.1, -0.05) is 0 Å². The topological polar surface area (TPSA) is 95.0 Å². The van der Waals surface area contributed by atoms with Crippen molar-refractivity contribution in [1.82, 2.24) is 25.1 Å². The molecule has 3 aromatic rings. The van der Waals surface area contributed by atoms with Gasteiger partial charge in [-0.05, 0) is 37.1 Å². The summed E-state index contributed by atoms with van der Waals surface area (Å²) in [5.74, 6) is -1.77. The third kappa shape index (κ3) is 4.20. The van der Waals surface area contributed by atoms with E-state index in [1.165, 1.54) is 18.6 Å². The molecule has 1 aliphatic heterocycles. The number of nitrogens with zero attached hydrogens (tertiary/aromatic N) is 4. The molecule has 0 bridgehead atoms. The Morgan fingerprint density at radius 2 is 1.97 bits per heavy atom. The van der Waals surface area contributed by atoms with Gasteiger partial charge in [0.1, 0.15) is 24.4 Å². The first-order valence-corrected chi connectivity index (χ1v) is 9.90. The maximum Gasteiger partial charge on any atom is 0.419 e. The highest BCUT2D eigenvalue weighted by Crippen LogP contribution is 2.41. The fraction of sp³-hybridized carbons (Fsp3) is 0.333. The predicted octanol–water partition coefficient (Wildman–Crippen LogP) is 3.39. The van der Waals surface area contributed by atoms with Crippen LogP contribution in [0.3, 0.4) is 0 Å². The van der Waals surface area contributed by atoms with E-state index in [-0.39, 0.29) is 23.1 Å². The number of nitrogens with one attached hydrogen (secondary N) is 1. The number of benzene rings is 1. The minimum atomic E-state index is -4.85. The van der Waals surface area contributed by atoms with Crippen LogP contribution in [-0.2, 0) is 11.0 Å². The van der Waals surface area contributed by atoms with Gasteiger partial charge in [0.05, 0.1) is 11.3 Å². The van der Waals surface area contributed by atoms with Crippen molar-refractivity contribution in [2.75, 3.05) is 19.7 Å². The lowest BCUT2D eigenvalue weighted by molar-refractivity contribution is -0.140. The maximum atomic E-state index is 13.8. The molecule has 0 spiro atoms. The smallest absolute Gasteiger partial charge is 0.387 e. The molecule has 0 saturated carbocycles. The average molecular weight is 449 g/mol. The van der Waals surface area contributed by atoms with Crippen LogP contribution in [0.1, 0.15) is 30.0 Å². The van der Waals surface area contributed by atoms with Crippen molar-refractivity contribution in [3.8, 4) is 22.5 Å². The molecule has 0 atom stereocenters. The number of aromatic nitrogens is 4. The van der Waals surface area contributed by atoms with Gasteiger partial charge in [-0.3, -0.25) is 9.89 Å². The van der Waals surface area contributed by atoms with E-state index < -0.39 is 24.2 Å². The number of amides is 1. The van der Waals surface area contributed by atoms with E-state index in [0.29, 0.717) is 42.9 Å². The Balaban J connectivity index is 1.76. The minimum Gasteiger partial charge on any atom is -0.387 e. The summed E-state index contributed by atoms with van der Waals surface area (Å²) in [4.78, 5) is 21.4. The lowest BCUT2D eigenvalue weighted by Gasteiger charge is -2.31. The highest BCUT2D eigenvalue weighted by Gasteiger charge is 2.35. The van der Waals surface area contributed by atoms with E-state index in [1.54, 1.807) is 11.0 Å². The molecule has 1 aliphatic rings. The maximum absolute atomic E-state index is 13.8. The summed E-state index contributed by atoms with van der Waals surface area (Å²) >= 11 is 0. The first-order valence-electron chi connectivity index (χ1n) is 9.90. The van der Waals surface area contributed by atoms with Crippen LogP contribution in [0.15, 0.2) is 36.8 Å². The number of aliphatic hydroxyl groups excluding tert-OH is 1. The standard InChI is InChI=1S/C21H19F4N5O2/c22-15-2-1-13(9-14(15)21(23,24)25)20-18(16-3-6-26-11-27-16)19(28-29-20)12-4-7-30(8-5-12)17(32)10-31/h1-3,6,9,11-12,31H,4-5,7-8,10H2,(H,28,29). The number of halogens is 4. The van der Waals surface area contributed by atoms with Gasteiger partial charge in [-0.25, -0.2) is 14.4 Å². The highest BCUT2D eigenvalue weighted by atomic mass is 19.4. The molecule has 2 N–H and O–H groups in total. The summed E-state index contributed by atoms with van der Waals surface area (Å²) in [7, 11) is 0. The van der Waals surface area contributed by atoms with E-state index in [0.717, 1.165) is 12.1 Å². The lowest BCUT2D eigenvalue weighted by Crippen LogP contribution is -2.39. The largest absolute Gasteiger partial charge is 0.419 e. The van der Waals surface area contributed by atoms with Gasteiger partial charge >= 0.3 is 6.18 Å². The Labute approximate surface area is 180 Å². The number of hydrogen-bond donors (Lipinski definition) is 2. The molecule has 1 aromatic carbocycles. The van der Waals surface area contributed by atoms with Crippen LogP contribution in [-0.4, -0.2) is 55.8 Å². The van der Waals surface area contributed by atoms with Crippen LogP contribution in [0.5, 0.6) is 0 Å². The number of likely N-dealkylation sites (tertiary alicyclic amines) is 1. The van der Waals surface area contributed by atoms with E-state index in [2.05, 4.69) is 20.2 Å². The molecule has 0 aliphatic carbocycles. The Morgan fingerprint density at radius 3 is 2.59 bits per heavy atom. The lowest BCUT2D eigenvalue weighted by atomic mass is 9.88. The molecule has 1 amide bonds. The minimum absolute atomic E-state index is 0.0634. The number of hydrogen-bond acceptors (Lipinski definition) is 5. The number of aliphatic hydroxyl groups is 1. The Morgan fingerprint density at radius 1 is 1.22 bits per heavy atom. The number of carbonyl (C=O) groups excluding carboxylic acids is 1. The number of rotatable bonds is 4. The van der Waals surface area contributed by atoms with Crippen molar-refractivity contribution < 1.29 is 27.5 Å². The van der Waals surface area contributed by atoms with Crippen LogP contribution >= 0.6 is 0 Å². The van der Waals surface area contributed by atoms with Gasteiger partial charge in [-0.15, -0.1) is 0 Å². The third-order valence-electron chi connectivity index (χ3n) is 5.57. The summed E-state index contributed by atoms with van der Waals surface area (Å²) < 4.78 is 53.6. The van der Waals surface area contributed by atoms with Gasteiger partial charge in [0, 0.05) is 42.0 Å². The molecular weight excluding hydrogens is 430 g/mol. The summed E-state index contributed by atoms with van der Waals surface area (Å²) in [5, 5.41) is 16.3. The van der Waals surface area contributed by atoms with E-state index >= 15 is 0 Å². The zero-order chi connectivity index (χ0) is 22.9. The fourth-order valence-electron chi connectivity index (χ4n) is 3.97. The SMILES string of the molecule is O=C(CO)N1CCC(c2[nH]nc(-c3ccc(F)c(C(F)(F)F)c3)c2-c2ccncn2)CC1. The monoisotopic (exact) mass is 449 g/mol. The molecule has 0 unspecified atom stereocenters. The van der Waals surface area contributed by atoms with Crippen LogP contribution in [0.25, 0.3) is 22.5 Å². The Bertz CT molecular complexity index is 1110. The molecule has 7 nitrogen and oxygen atoms in total. The number of carbonyl (C=O) groups is 1. The Hall–Kier alpha value is -3.34. The normalized spacial score (nSPS) is 15.2. The van der Waals surface area contributed by atoms with Crippen LogP contribution in [0, 0.1) is 5.82 Å². The van der Waals surface area contributed by atoms with Crippen molar-refractivity contribution in [3.05, 3.63) is 53.9 Å². The second-order valence-corrected chi connectivity index (χ2v) is 7.46. The number of aromatic amines is 1. The molecule has 168 valence electrons. The molecule has 32 heavy (non-hydrogen) atoms. The number of piperidine rings is 1. The zero-order valence-electron chi connectivity index (χ0n) is 16.7. The van der Waals surface area contributed by atoms with E-state index in [1.807, 2.05) is 0 Å². The van der Waals surface area contributed by atoms with Crippen molar-refractivity contribution in [2.45, 2.75) is 24.9 Å². The second kappa shape index (κ2) is 8.65. The summed E-state index contributed by atoms with van der Waals surface area (Å²) in [6, 6.07) is 4.38. The van der Waals surface area contributed by atoms with Gasteiger partial charge in [0.25, 0.3) is 0 Å². The van der Waals surface area contributed by atoms with Crippen molar-refractivity contribution in [1.29, 1.82) is 0 Å². The molecule has 11 heteroatoms. The molecule has 3 heterocycles. The molecule has 1 fully saturated rings. The average Bonchev–Trinajstić information content (AvgIpc) is 3.24. The van der Waals surface area contributed by atoms with Gasteiger partial charge in [0.15, 0.2) is 0 Å². The van der Waals surface area contributed by atoms with Crippen LogP contribution < -0.4 is 0 Å². The second-order valence-electron chi connectivity index (χ2n) is 7.46. The van der Waals surface area contributed by atoms with E-state index in [4.69, 9.17) is 5.11 Å². The molecule has 0 radical (unpaired) electrons. The number of H-pyrrole nitrogens is 1. The number of alkyl halides is 3. The van der Waals surface area contributed by atoms with Crippen molar-refractivity contribution in [3.63, 3.8) is 0 Å². The first-order chi connectivity index (χ1) is 15.3. The fourth-order valence-corrected chi connectivity index (χ4v) is 3.97. The molecule has 1 saturated heterocycles. The summed E-state index contributed by atoms with van der Waals surface area (Å²) in [6.07, 6.45) is -0.868. The first kappa shape index (κ1) is 21.9. The van der Waals surface area contributed by atoms with Gasteiger partial charge < -0.3 is 10.0 Å². The van der Waals surface area contributed by atoms with Crippen LogP contribution in [0.2, 0.25) is 0 Å². The summed E-state index contributed by atoms with van der Waals surface area (Å²) in [6.45, 7) is 0.296. The van der Waals surface area contributed by atoms with Crippen LogP contribution in [0.4, 0.5) is 17.6 Å². The molecular formula is C21H19F4N5O2. The van der Waals surface area contributed by atoms with Gasteiger partial charge in [0.2, 0.25) is 5.91 Å². The zero-order valence-corrected chi connectivity index (χ0v) is 16.7. The quantitative estimate of drug-likeness (QED) is 0.596. The van der Waals surface area contributed by atoms with E-state index in [9.17, 15) is 22.4 Å². The van der Waals surface area contributed by atoms with Crippen molar-refractivity contribution >= 4 is 5.91 Å². The van der Waals surface area contributed by atoms with Crippen molar-refractivity contribution in [2.24, 2.45) is 0 Å². The Kier molecular flexibility index (Phi) is 5.92. The highest BCUT2D eigenvalue weighted by molar-refractivity contribution is 5.81. The third-order valence-corrected chi connectivity index (χ3v) is 5.57.